The van der Waals surface area contributed by atoms with Crippen LogP contribution >= 0.6 is 0 Å². The van der Waals surface area contributed by atoms with E-state index >= 15 is 0 Å². The molecule has 1 saturated heterocycles. The van der Waals surface area contributed by atoms with Gasteiger partial charge >= 0.3 is 0 Å². The van der Waals surface area contributed by atoms with Gasteiger partial charge in [0.1, 0.15) is 0 Å². The van der Waals surface area contributed by atoms with Crippen LogP contribution < -0.4 is 0 Å². The molecular weight excluding hydrogens is 218 g/mol. The SMILES string of the molecule is CCC(C)N(CCOC)CC(=O)C1CCOC1. The van der Waals surface area contributed by atoms with E-state index in [2.05, 4.69) is 18.7 Å². The molecule has 100 valence electrons. The molecule has 4 nitrogen and oxygen atoms in total. The van der Waals surface area contributed by atoms with Gasteiger partial charge in [-0.1, -0.05) is 6.92 Å². The highest BCUT2D eigenvalue weighted by Crippen LogP contribution is 2.15. The second-order valence-corrected chi connectivity index (χ2v) is 4.75. The van der Waals surface area contributed by atoms with Gasteiger partial charge in [-0.3, -0.25) is 9.69 Å². The van der Waals surface area contributed by atoms with Crippen molar-refractivity contribution in [3.8, 4) is 0 Å². The average molecular weight is 243 g/mol. The number of carbonyl (C=O) groups excluding carboxylic acids is 1. The van der Waals surface area contributed by atoms with Gasteiger partial charge in [-0.25, -0.2) is 0 Å². The van der Waals surface area contributed by atoms with E-state index < -0.39 is 0 Å². The first-order chi connectivity index (χ1) is 8.19. The van der Waals surface area contributed by atoms with E-state index in [0.29, 0.717) is 31.6 Å². The quantitative estimate of drug-likeness (QED) is 0.645. The van der Waals surface area contributed by atoms with Crippen molar-refractivity contribution in [1.82, 2.24) is 4.90 Å². The second kappa shape index (κ2) is 7.80. The van der Waals surface area contributed by atoms with Gasteiger partial charge < -0.3 is 9.47 Å². The zero-order valence-corrected chi connectivity index (χ0v) is 11.3. The summed E-state index contributed by atoms with van der Waals surface area (Å²) in [6.07, 6.45) is 1.94. The molecule has 1 aliphatic heterocycles. The molecule has 1 fully saturated rings. The van der Waals surface area contributed by atoms with Gasteiger partial charge in [0.2, 0.25) is 0 Å². The molecule has 2 unspecified atom stereocenters. The summed E-state index contributed by atoms with van der Waals surface area (Å²) in [5, 5.41) is 0. The molecular formula is C13H25NO3. The van der Waals surface area contributed by atoms with Gasteiger partial charge in [-0.2, -0.15) is 0 Å². The number of ketones is 1. The lowest BCUT2D eigenvalue weighted by Gasteiger charge is -2.28. The number of carbonyl (C=O) groups is 1. The molecule has 1 aliphatic rings. The Hall–Kier alpha value is -0.450. The zero-order valence-electron chi connectivity index (χ0n) is 11.3. The molecule has 0 aromatic heterocycles. The topological polar surface area (TPSA) is 38.8 Å². The Morgan fingerprint density at radius 3 is 2.88 bits per heavy atom. The lowest BCUT2D eigenvalue weighted by molar-refractivity contribution is -0.124. The highest BCUT2D eigenvalue weighted by Gasteiger charge is 2.26. The van der Waals surface area contributed by atoms with Crippen LogP contribution in [0.5, 0.6) is 0 Å². The maximum absolute atomic E-state index is 12.1. The highest BCUT2D eigenvalue weighted by molar-refractivity contribution is 5.83. The first-order valence-corrected chi connectivity index (χ1v) is 6.52. The van der Waals surface area contributed by atoms with Gasteiger partial charge in [0, 0.05) is 32.2 Å². The molecule has 2 atom stereocenters. The minimum atomic E-state index is 0.115. The zero-order chi connectivity index (χ0) is 12.7. The lowest BCUT2D eigenvalue weighted by Crippen LogP contribution is -2.41. The van der Waals surface area contributed by atoms with Crippen LogP contribution in [0.25, 0.3) is 0 Å². The minimum Gasteiger partial charge on any atom is -0.383 e. The summed E-state index contributed by atoms with van der Waals surface area (Å²) in [7, 11) is 1.70. The Labute approximate surface area is 104 Å². The van der Waals surface area contributed by atoms with Gasteiger partial charge in [0.05, 0.1) is 19.8 Å². The van der Waals surface area contributed by atoms with Gasteiger partial charge in [0.25, 0.3) is 0 Å². The van der Waals surface area contributed by atoms with Crippen molar-refractivity contribution in [2.24, 2.45) is 5.92 Å². The van der Waals surface area contributed by atoms with E-state index in [1.807, 2.05) is 0 Å². The summed E-state index contributed by atoms with van der Waals surface area (Å²) < 4.78 is 10.4. The molecule has 0 radical (unpaired) electrons. The number of ether oxygens (including phenoxy) is 2. The molecule has 4 heteroatoms. The molecule has 0 bridgehead atoms. The fourth-order valence-corrected chi connectivity index (χ4v) is 2.04. The van der Waals surface area contributed by atoms with Crippen molar-refractivity contribution in [2.45, 2.75) is 32.7 Å². The second-order valence-electron chi connectivity index (χ2n) is 4.75. The first kappa shape index (κ1) is 14.6. The van der Waals surface area contributed by atoms with E-state index in [4.69, 9.17) is 9.47 Å². The molecule has 0 saturated carbocycles. The first-order valence-electron chi connectivity index (χ1n) is 6.52. The molecule has 0 amide bonds. The molecule has 1 rings (SSSR count). The van der Waals surface area contributed by atoms with Crippen LogP contribution in [0.1, 0.15) is 26.7 Å². The van der Waals surface area contributed by atoms with Gasteiger partial charge in [0.15, 0.2) is 5.78 Å². The number of nitrogens with zero attached hydrogens (tertiary/aromatic N) is 1. The third-order valence-electron chi connectivity index (χ3n) is 3.54. The monoisotopic (exact) mass is 243 g/mol. The summed E-state index contributed by atoms with van der Waals surface area (Å²) in [6, 6.07) is 0.427. The summed E-state index contributed by atoms with van der Waals surface area (Å²) in [4.78, 5) is 14.3. The molecule has 0 N–H and O–H groups in total. The Morgan fingerprint density at radius 2 is 2.35 bits per heavy atom. The summed E-state index contributed by atoms with van der Waals surface area (Å²) >= 11 is 0. The number of hydrogen-bond donors (Lipinski definition) is 0. The smallest absolute Gasteiger partial charge is 0.152 e. The van der Waals surface area contributed by atoms with E-state index in [1.165, 1.54) is 0 Å². The Bertz CT molecular complexity index is 227. The number of hydrogen-bond acceptors (Lipinski definition) is 4. The third kappa shape index (κ3) is 4.74. The van der Waals surface area contributed by atoms with Crippen LogP contribution in [0.2, 0.25) is 0 Å². The summed E-state index contributed by atoms with van der Waals surface area (Å²) in [6.45, 7) is 7.69. The molecule has 0 spiro atoms. The van der Waals surface area contributed by atoms with Crippen molar-refractivity contribution in [3.05, 3.63) is 0 Å². The molecule has 0 aromatic carbocycles. The highest BCUT2D eigenvalue weighted by atomic mass is 16.5. The van der Waals surface area contributed by atoms with Crippen molar-refractivity contribution in [1.29, 1.82) is 0 Å². The maximum atomic E-state index is 12.1. The van der Waals surface area contributed by atoms with Gasteiger partial charge in [-0.05, 0) is 19.8 Å². The largest absolute Gasteiger partial charge is 0.383 e. The van der Waals surface area contributed by atoms with Crippen LogP contribution in [0.4, 0.5) is 0 Å². The van der Waals surface area contributed by atoms with Crippen molar-refractivity contribution in [2.75, 3.05) is 40.0 Å². The average Bonchev–Trinajstić information content (AvgIpc) is 2.87. The minimum absolute atomic E-state index is 0.115. The van der Waals surface area contributed by atoms with Crippen LogP contribution in [-0.2, 0) is 14.3 Å². The van der Waals surface area contributed by atoms with E-state index in [9.17, 15) is 4.79 Å². The lowest BCUT2D eigenvalue weighted by atomic mass is 10.0. The fourth-order valence-electron chi connectivity index (χ4n) is 2.04. The van der Waals surface area contributed by atoms with Crippen LogP contribution in [0, 0.1) is 5.92 Å². The Morgan fingerprint density at radius 1 is 1.59 bits per heavy atom. The number of methoxy groups -OCH3 is 1. The molecule has 0 aromatic rings. The normalized spacial score (nSPS) is 22.0. The summed E-state index contributed by atoms with van der Waals surface area (Å²) in [5.41, 5.74) is 0. The molecule has 1 heterocycles. The van der Waals surface area contributed by atoms with Crippen molar-refractivity contribution >= 4 is 5.78 Å². The van der Waals surface area contributed by atoms with Crippen molar-refractivity contribution < 1.29 is 14.3 Å². The number of rotatable bonds is 8. The van der Waals surface area contributed by atoms with Gasteiger partial charge in [-0.15, -0.1) is 0 Å². The van der Waals surface area contributed by atoms with E-state index in [1.54, 1.807) is 7.11 Å². The van der Waals surface area contributed by atoms with Crippen LogP contribution in [-0.4, -0.2) is 56.7 Å². The number of Topliss-reactive ketones (excluding diaryl/α,β-unsaturated/α-hetero) is 1. The predicted molar refractivity (Wildman–Crippen MR) is 67.1 cm³/mol. The fraction of sp³-hybridized carbons (Fsp3) is 0.923. The van der Waals surface area contributed by atoms with Crippen LogP contribution in [0.15, 0.2) is 0 Å². The Balaban J connectivity index is 2.43. The standard InChI is InChI=1S/C13H25NO3/c1-4-11(2)14(6-8-16-3)9-13(15)12-5-7-17-10-12/h11-12H,4-10H2,1-3H3. The van der Waals surface area contributed by atoms with Crippen LogP contribution in [0.3, 0.4) is 0 Å². The third-order valence-corrected chi connectivity index (χ3v) is 3.54. The Kier molecular flexibility index (Phi) is 6.70. The molecule has 17 heavy (non-hydrogen) atoms. The van der Waals surface area contributed by atoms with E-state index in [0.717, 1.165) is 26.0 Å². The van der Waals surface area contributed by atoms with Crippen molar-refractivity contribution in [3.63, 3.8) is 0 Å². The summed E-state index contributed by atoms with van der Waals surface area (Å²) in [5.74, 6) is 0.433. The molecule has 0 aliphatic carbocycles. The maximum Gasteiger partial charge on any atom is 0.152 e. The predicted octanol–water partition coefficient (Wildman–Crippen LogP) is 1.34. The van der Waals surface area contributed by atoms with E-state index in [-0.39, 0.29) is 5.92 Å².